The SMILES string of the molecule is CN1CCN(C(=O)C[C@@H]2CCCC[C@@H]2N)CCC1=O. The van der Waals surface area contributed by atoms with Gasteiger partial charge in [0, 0.05) is 45.6 Å². The molecule has 0 spiro atoms. The average molecular weight is 267 g/mol. The largest absolute Gasteiger partial charge is 0.344 e. The zero-order valence-corrected chi connectivity index (χ0v) is 11.8. The van der Waals surface area contributed by atoms with Crippen LogP contribution >= 0.6 is 0 Å². The number of rotatable bonds is 2. The lowest BCUT2D eigenvalue weighted by molar-refractivity contribution is -0.132. The molecule has 2 N–H and O–H groups in total. The molecule has 1 aliphatic heterocycles. The van der Waals surface area contributed by atoms with Crippen molar-refractivity contribution in [1.82, 2.24) is 9.80 Å². The number of hydrogen-bond acceptors (Lipinski definition) is 3. The van der Waals surface area contributed by atoms with E-state index >= 15 is 0 Å². The maximum absolute atomic E-state index is 12.3. The molecule has 2 amide bonds. The number of carbonyl (C=O) groups excluding carboxylic acids is 2. The van der Waals surface area contributed by atoms with Gasteiger partial charge in [-0.3, -0.25) is 9.59 Å². The van der Waals surface area contributed by atoms with E-state index in [2.05, 4.69) is 0 Å². The highest BCUT2D eigenvalue weighted by Crippen LogP contribution is 2.26. The lowest BCUT2D eigenvalue weighted by Crippen LogP contribution is -2.40. The standard InChI is InChI=1S/C14H25N3O2/c1-16-8-9-17(7-6-13(16)18)14(19)10-11-4-2-3-5-12(11)15/h11-12H,2-10,15H2,1H3/t11-,12-/m0/s1. The molecule has 0 radical (unpaired) electrons. The molecule has 2 atom stereocenters. The van der Waals surface area contributed by atoms with Gasteiger partial charge in [0.1, 0.15) is 0 Å². The van der Waals surface area contributed by atoms with Gasteiger partial charge in [-0.25, -0.2) is 0 Å². The Bertz CT molecular complexity index is 346. The van der Waals surface area contributed by atoms with Crippen LogP contribution < -0.4 is 5.73 Å². The molecule has 108 valence electrons. The normalized spacial score (nSPS) is 29.3. The molecule has 1 heterocycles. The van der Waals surface area contributed by atoms with E-state index in [1.165, 1.54) is 12.8 Å². The number of amides is 2. The molecule has 1 saturated carbocycles. The summed E-state index contributed by atoms with van der Waals surface area (Å²) in [6.07, 6.45) is 5.48. The van der Waals surface area contributed by atoms with Crippen molar-refractivity contribution in [3.05, 3.63) is 0 Å². The molecule has 5 heteroatoms. The number of hydrogen-bond donors (Lipinski definition) is 1. The van der Waals surface area contributed by atoms with E-state index in [0.29, 0.717) is 38.4 Å². The fourth-order valence-electron chi connectivity index (χ4n) is 3.02. The zero-order chi connectivity index (χ0) is 13.8. The van der Waals surface area contributed by atoms with Crippen molar-refractivity contribution in [2.75, 3.05) is 26.7 Å². The van der Waals surface area contributed by atoms with Crippen molar-refractivity contribution in [2.24, 2.45) is 11.7 Å². The summed E-state index contributed by atoms with van der Waals surface area (Å²) in [6, 6.07) is 0.175. The minimum atomic E-state index is 0.129. The molecule has 0 unspecified atom stereocenters. The summed E-state index contributed by atoms with van der Waals surface area (Å²) in [4.78, 5) is 27.5. The van der Waals surface area contributed by atoms with Gasteiger partial charge in [-0.2, -0.15) is 0 Å². The van der Waals surface area contributed by atoms with E-state index in [0.717, 1.165) is 12.8 Å². The molecule has 2 rings (SSSR count). The summed E-state index contributed by atoms with van der Waals surface area (Å²) in [5.41, 5.74) is 6.10. The molecular formula is C14H25N3O2. The molecule has 1 aliphatic carbocycles. The van der Waals surface area contributed by atoms with Crippen LogP contribution in [0.5, 0.6) is 0 Å². The quantitative estimate of drug-likeness (QED) is 0.796. The van der Waals surface area contributed by atoms with Crippen LogP contribution in [0.1, 0.15) is 38.5 Å². The summed E-state index contributed by atoms with van der Waals surface area (Å²) < 4.78 is 0. The van der Waals surface area contributed by atoms with E-state index in [4.69, 9.17) is 5.73 Å². The Labute approximate surface area is 115 Å². The Morgan fingerprint density at radius 1 is 1.26 bits per heavy atom. The Hall–Kier alpha value is -1.10. The van der Waals surface area contributed by atoms with E-state index in [9.17, 15) is 9.59 Å². The highest BCUT2D eigenvalue weighted by atomic mass is 16.2. The van der Waals surface area contributed by atoms with Crippen LogP contribution in [0.15, 0.2) is 0 Å². The summed E-state index contributed by atoms with van der Waals surface area (Å²) in [5.74, 6) is 0.632. The number of likely N-dealkylation sites (N-methyl/N-ethyl adjacent to an activating group) is 1. The second-order valence-electron chi connectivity index (χ2n) is 5.86. The van der Waals surface area contributed by atoms with Gasteiger partial charge in [0.15, 0.2) is 0 Å². The van der Waals surface area contributed by atoms with Crippen LogP contribution in [0.2, 0.25) is 0 Å². The fraction of sp³-hybridized carbons (Fsp3) is 0.857. The molecule has 5 nitrogen and oxygen atoms in total. The molecule has 0 aromatic heterocycles. The molecule has 1 saturated heterocycles. The van der Waals surface area contributed by atoms with Gasteiger partial charge in [-0.15, -0.1) is 0 Å². The van der Waals surface area contributed by atoms with Crippen molar-refractivity contribution >= 4 is 11.8 Å². The number of nitrogens with two attached hydrogens (primary N) is 1. The van der Waals surface area contributed by atoms with Gasteiger partial charge in [0.05, 0.1) is 0 Å². The molecule has 0 bridgehead atoms. The summed E-state index contributed by atoms with van der Waals surface area (Å²) in [5, 5.41) is 0. The number of nitrogens with zero attached hydrogens (tertiary/aromatic N) is 2. The summed E-state index contributed by atoms with van der Waals surface area (Å²) >= 11 is 0. The van der Waals surface area contributed by atoms with Gasteiger partial charge in [0.2, 0.25) is 11.8 Å². The van der Waals surface area contributed by atoms with E-state index in [1.807, 2.05) is 4.90 Å². The van der Waals surface area contributed by atoms with Crippen LogP contribution in [0.25, 0.3) is 0 Å². The third-order valence-corrected chi connectivity index (χ3v) is 4.48. The van der Waals surface area contributed by atoms with Gasteiger partial charge < -0.3 is 15.5 Å². The third kappa shape index (κ3) is 3.69. The first-order valence-electron chi connectivity index (χ1n) is 7.35. The monoisotopic (exact) mass is 267 g/mol. The smallest absolute Gasteiger partial charge is 0.224 e. The molecular weight excluding hydrogens is 242 g/mol. The maximum Gasteiger partial charge on any atom is 0.224 e. The summed E-state index contributed by atoms with van der Waals surface area (Å²) in [7, 11) is 1.80. The number of carbonyl (C=O) groups is 2. The van der Waals surface area contributed by atoms with Gasteiger partial charge >= 0.3 is 0 Å². The van der Waals surface area contributed by atoms with Crippen molar-refractivity contribution in [1.29, 1.82) is 0 Å². The Balaban J connectivity index is 1.87. The highest BCUT2D eigenvalue weighted by molar-refractivity contribution is 5.80. The minimum absolute atomic E-state index is 0.129. The lowest BCUT2D eigenvalue weighted by atomic mass is 9.82. The topological polar surface area (TPSA) is 66.6 Å². The van der Waals surface area contributed by atoms with E-state index in [1.54, 1.807) is 11.9 Å². The highest BCUT2D eigenvalue weighted by Gasteiger charge is 2.27. The first-order chi connectivity index (χ1) is 9.08. The lowest BCUT2D eigenvalue weighted by Gasteiger charge is -2.30. The average Bonchev–Trinajstić information content (AvgIpc) is 2.56. The Morgan fingerprint density at radius 3 is 2.74 bits per heavy atom. The Morgan fingerprint density at radius 2 is 2.00 bits per heavy atom. The molecule has 0 aromatic carbocycles. The van der Waals surface area contributed by atoms with Crippen molar-refractivity contribution in [3.8, 4) is 0 Å². The van der Waals surface area contributed by atoms with Gasteiger partial charge in [0.25, 0.3) is 0 Å². The van der Waals surface area contributed by atoms with Crippen LogP contribution in [0, 0.1) is 5.92 Å². The third-order valence-electron chi connectivity index (χ3n) is 4.48. The molecule has 19 heavy (non-hydrogen) atoms. The van der Waals surface area contributed by atoms with Crippen LogP contribution in [0.4, 0.5) is 0 Å². The predicted octanol–water partition coefficient (Wildman–Crippen LogP) is 0.585. The second kappa shape index (κ2) is 6.37. The predicted molar refractivity (Wildman–Crippen MR) is 73.4 cm³/mol. The Kier molecular flexibility index (Phi) is 4.80. The van der Waals surface area contributed by atoms with Gasteiger partial charge in [-0.05, 0) is 18.8 Å². The fourth-order valence-corrected chi connectivity index (χ4v) is 3.02. The molecule has 2 aliphatic rings. The van der Waals surface area contributed by atoms with Crippen LogP contribution in [-0.4, -0.2) is 54.3 Å². The first-order valence-corrected chi connectivity index (χ1v) is 7.35. The van der Waals surface area contributed by atoms with E-state index in [-0.39, 0.29) is 17.9 Å². The molecule has 0 aromatic rings. The van der Waals surface area contributed by atoms with Crippen molar-refractivity contribution in [2.45, 2.75) is 44.6 Å². The van der Waals surface area contributed by atoms with E-state index < -0.39 is 0 Å². The first kappa shape index (κ1) is 14.3. The zero-order valence-electron chi connectivity index (χ0n) is 11.8. The minimum Gasteiger partial charge on any atom is -0.344 e. The van der Waals surface area contributed by atoms with Crippen molar-refractivity contribution in [3.63, 3.8) is 0 Å². The second-order valence-corrected chi connectivity index (χ2v) is 5.86. The molecule has 2 fully saturated rings. The van der Waals surface area contributed by atoms with Crippen molar-refractivity contribution < 1.29 is 9.59 Å². The summed E-state index contributed by atoms with van der Waals surface area (Å²) in [6.45, 7) is 1.86. The van der Waals surface area contributed by atoms with Crippen LogP contribution in [-0.2, 0) is 9.59 Å². The maximum atomic E-state index is 12.3. The van der Waals surface area contributed by atoms with Gasteiger partial charge in [-0.1, -0.05) is 12.8 Å². The van der Waals surface area contributed by atoms with Crippen LogP contribution in [0.3, 0.4) is 0 Å².